The second-order valence-electron chi connectivity index (χ2n) is 6.32. The van der Waals surface area contributed by atoms with E-state index in [1.165, 1.54) is 12.1 Å². The van der Waals surface area contributed by atoms with E-state index < -0.39 is 0 Å². The summed E-state index contributed by atoms with van der Waals surface area (Å²) < 4.78 is 5.14. The molecule has 0 bridgehead atoms. The van der Waals surface area contributed by atoms with Crippen LogP contribution < -0.4 is 10.1 Å². The number of nitrogens with one attached hydrogen (secondary N) is 1. The molecule has 136 valence electrons. The summed E-state index contributed by atoms with van der Waals surface area (Å²) in [4.78, 5) is 26.6. The predicted molar refractivity (Wildman–Crippen MR) is 97.5 cm³/mol. The number of likely N-dealkylation sites (tertiary alicyclic amines) is 1. The van der Waals surface area contributed by atoms with Gasteiger partial charge in [0.05, 0.1) is 7.11 Å². The summed E-state index contributed by atoms with van der Waals surface area (Å²) >= 11 is 0. The van der Waals surface area contributed by atoms with Crippen LogP contribution >= 0.6 is 0 Å². The summed E-state index contributed by atoms with van der Waals surface area (Å²) in [6, 6.07) is 13.4. The van der Waals surface area contributed by atoms with Gasteiger partial charge in [0, 0.05) is 30.3 Å². The molecule has 0 aromatic heterocycles. The molecule has 2 amide bonds. The van der Waals surface area contributed by atoms with Crippen LogP contribution in [0.1, 0.15) is 33.6 Å². The van der Waals surface area contributed by atoms with Gasteiger partial charge in [0.25, 0.3) is 11.8 Å². The number of ether oxygens (including phenoxy) is 1. The number of nitrogens with zero attached hydrogens (tertiary/aromatic N) is 1. The molecule has 1 aliphatic rings. The quantitative estimate of drug-likeness (QED) is 0.884. The average molecular weight is 354 g/mol. The molecule has 1 saturated heterocycles. The first-order valence-corrected chi connectivity index (χ1v) is 8.60. The molecule has 0 unspecified atom stereocenters. The van der Waals surface area contributed by atoms with Gasteiger partial charge in [-0.15, -0.1) is 0 Å². The van der Waals surface area contributed by atoms with E-state index in [-0.39, 0.29) is 23.6 Å². The minimum Gasteiger partial charge on any atom is -0.508 e. The third-order valence-electron chi connectivity index (χ3n) is 4.54. The molecule has 0 saturated carbocycles. The van der Waals surface area contributed by atoms with Gasteiger partial charge in [0.15, 0.2) is 0 Å². The van der Waals surface area contributed by atoms with Crippen LogP contribution in [0.4, 0.5) is 0 Å². The average Bonchev–Trinajstić information content (AvgIpc) is 2.68. The van der Waals surface area contributed by atoms with Crippen molar-refractivity contribution in [3.05, 3.63) is 59.7 Å². The molecule has 6 nitrogen and oxygen atoms in total. The highest BCUT2D eigenvalue weighted by Gasteiger charge is 2.25. The number of hydrogen-bond donors (Lipinski definition) is 2. The van der Waals surface area contributed by atoms with Crippen molar-refractivity contribution in [2.24, 2.45) is 0 Å². The van der Waals surface area contributed by atoms with E-state index in [1.54, 1.807) is 48.4 Å². The van der Waals surface area contributed by atoms with Crippen LogP contribution in [0.15, 0.2) is 48.5 Å². The van der Waals surface area contributed by atoms with Gasteiger partial charge in [0.1, 0.15) is 11.5 Å². The number of benzene rings is 2. The summed E-state index contributed by atoms with van der Waals surface area (Å²) in [6.45, 7) is 1.13. The van der Waals surface area contributed by atoms with E-state index in [2.05, 4.69) is 5.32 Å². The Bertz CT molecular complexity index is 798. The number of amides is 2. The molecule has 0 aliphatic carbocycles. The summed E-state index contributed by atoms with van der Waals surface area (Å²) in [6.07, 6.45) is 1.39. The largest absolute Gasteiger partial charge is 0.508 e. The predicted octanol–water partition coefficient (Wildman–Crippen LogP) is 2.44. The number of hydrogen-bond acceptors (Lipinski definition) is 4. The Labute approximate surface area is 152 Å². The minimum atomic E-state index is -0.137. The van der Waals surface area contributed by atoms with E-state index in [0.29, 0.717) is 42.8 Å². The monoisotopic (exact) mass is 354 g/mol. The molecule has 6 heteroatoms. The zero-order valence-electron chi connectivity index (χ0n) is 14.6. The Hall–Kier alpha value is -3.02. The highest BCUT2D eigenvalue weighted by atomic mass is 16.5. The number of carbonyl (C=O) groups excluding carboxylic acids is 2. The lowest BCUT2D eigenvalue weighted by molar-refractivity contribution is 0.0697. The van der Waals surface area contributed by atoms with Crippen molar-refractivity contribution in [1.29, 1.82) is 0 Å². The maximum absolute atomic E-state index is 12.5. The van der Waals surface area contributed by atoms with E-state index in [1.807, 2.05) is 0 Å². The molecule has 1 aliphatic heterocycles. The Balaban J connectivity index is 1.55. The Kier molecular flexibility index (Phi) is 5.41. The molecule has 2 aromatic carbocycles. The van der Waals surface area contributed by atoms with Crippen LogP contribution in [0.25, 0.3) is 0 Å². The number of methoxy groups -OCH3 is 1. The van der Waals surface area contributed by atoms with Crippen molar-refractivity contribution in [2.45, 2.75) is 18.9 Å². The maximum atomic E-state index is 12.5. The number of phenolic OH excluding ortho intramolecular Hbond substituents is 1. The normalized spacial score (nSPS) is 14.7. The Morgan fingerprint density at radius 2 is 1.77 bits per heavy atom. The number of carbonyl (C=O) groups is 2. The van der Waals surface area contributed by atoms with Crippen molar-refractivity contribution in [2.75, 3.05) is 20.2 Å². The molecule has 1 heterocycles. The van der Waals surface area contributed by atoms with Crippen molar-refractivity contribution in [1.82, 2.24) is 10.2 Å². The van der Waals surface area contributed by atoms with Crippen molar-refractivity contribution in [3.63, 3.8) is 0 Å². The molecule has 0 radical (unpaired) electrons. The van der Waals surface area contributed by atoms with Crippen LogP contribution in [0.5, 0.6) is 11.5 Å². The van der Waals surface area contributed by atoms with E-state index in [4.69, 9.17) is 4.74 Å². The molecule has 3 rings (SSSR count). The second kappa shape index (κ2) is 7.91. The van der Waals surface area contributed by atoms with Gasteiger partial charge in [-0.05, 0) is 49.2 Å². The van der Waals surface area contributed by atoms with Gasteiger partial charge in [0.2, 0.25) is 0 Å². The van der Waals surface area contributed by atoms with Crippen LogP contribution in [-0.2, 0) is 0 Å². The van der Waals surface area contributed by atoms with E-state index >= 15 is 0 Å². The van der Waals surface area contributed by atoms with Crippen molar-refractivity contribution in [3.8, 4) is 11.5 Å². The molecule has 2 aromatic rings. The van der Waals surface area contributed by atoms with Gasteiger partial charge in [-0.3, -0.25) is 9.59 Å². The molecular weight excluding hydrogens is 332 g/mol. The van der Waals surface area contributed by atoms with Gasteiger partial charge < -0.3 is 20.1 Å². The zero-order chi connectivity index (χ0) is 18.5. The first-order chi connectivity index (χ1) is 12.6. The lowest BCUT2D eigenvalue weighted by Gasteiger charge is -2.32. The molecular formula is C20H22N2O4. The highest BCUT2D eigenvalue weighted by Crippen LogP contribution is 2.18. The molecule has 1 fully saturated rings. The highest BCUT2D eigenvalue weighted by molar-refractivity contribution is 5.95. The molecule has 0 atom stereocenters. The maximum Gasteiger partial charge on any atom is 0.253 e. The van der Waals surface area contributed by atoms with Crippen molar-refractivity contribution < 1.29 is 19.4 Å². The number of aromatic hydroxyl groups is 1. The van der Waals surface area contributed by atoms with Crippen molar-refractivity contribution >= 4 is 11.8 Å². The molecule has 2 N–H and O–H groups in total. The fourth-order valence-electron chi connectivity index (χ4n) is 3.08. The number of rotatable bonds is 4. The van der Waals surface area contributed by atoms with Gasteiger partial charge in [-0.1, -0.05) is 12.1 Å². The first kappa shape index (κ1) is 17.8. The van der Waals surface area contributed by atoms with Crippen LogP contribution in [0.3, 0.4) is 0 Å². The third kappa shape index (κ3) is 4.14. The number of phenols is 1. The Morgan fingerprint density at radius 1 is 1.08 bits per heavy atom. The van der Waals surface area contributed by atoms with E-state index in [9.17, 15) is 14.7 Å². The minimum absolute atomic E-state index is 0.0296. The topological polar surface area (TPSA) is 78.9 Å². The summed E-state index contributed by atoms with van der Waals surface area (Å²) in [7, 11) is 1.57. The fraction of sp³-hybridized carbons (Fsp3) is 0.300. The third-order valence-corrected chi connectivity index (χ3v) is 4.54. The second-order valence-corrected chi connectivity index (χ2v) is 6.32. The lowest BCUT2D eigenvalue weighted by Crippen LogP contribution is -2.46. The molecule has 0 spiro atoms. The van der Waals surface area contributed by atoms with Crippen LogP contribution in [-0.4, -0.2) is 48.1 Å². The summed E-state index contributed by atoms with van der Waals surface area (Å²) in [5.41, 5.74) is 1.03. The van der Waals surface area contributed by atoms with Gasteiger partial charge >= 0.3 is 0 Å². The van der Waals surface area contributed by atoms with Gasteiger partial charge in [-0.2, -0.15) is 0 Å². The standard InChI is InChI=1S/C20H22N2O4/c1-26-18-7-3-4-14(13-18)19(24)21-16-8-10-22(11-9-16)20(25)15-5-2-6-17(23)12-15/h2-7,12-13,16,23H,8-11H2,1H3,(H,21,24). The molecule has 26 heavy (non-hydrogen) atoms. The summed E-state index contributed by atoms with van der Waals surface area (Å²) in [5, 5.41) is 12.5. The van der Waals surface area contributed by atoms with Crippen LogP contribution in [0.2, 0.25) is 0 Å². The smallest absolute Gasteiger partial charge is 0.253 e. The number of piperidine rings is 1. The van der Waals surface area contributed by atoms with E-state index in [0.717, 1.165) is 0 Å². The van der Waals surface area contributed by atoms with Crippen LogP contribution in [0, 0.1) is 0 Å². The van der Waals surface area contributed by atoms with Gasteiger partial charge in [-0.25, -0.2) is 0 Å². The lowest BCUT2D eigenvalue weighted by atomic mass is 10.0. The Morgan fingerprint density at radius 3 is 2.46 bits per heavy atom. The SMILES string of the molecule is COc1cccc(C(=O)NC2CCN(C(=O)c3cccc(O)c3)CC2)c1. The zero-order valence-corrected chi connectivity index (χ0v) is 14.6. The summed E-state index contributed by atoms with van der Waals surface area (Å²) in [5.74, 6) is 0.487. The fourth-order valence-corrected chi connectivity index (χ4v) is 3.08. The first-order valence-electron chi connectivity index (χ1n) is 8.60.